The van der Waals surface area contributed by atoms with Gasteiger partial charge in [0.15, 0.2) is 0 Å². The lowest BCUT2D eigenvalue weighted by Crippen LogP contribution is -2.50. The molecule has 1 heterocycles. The molecule has 3 rings (SSSR count). The van der Waals surface area contributed by atoms with Crippen LogP contribution in [0.5, 0.6) is 5.75 Å². The van der Waals surface area contributed by atoms with Gasteiger partial charge in [0, 0.05) is 37.6 Å². The molecule has 1 saturated heterocycles. The van der Waals surface area contributed by atoms with Gasteiger partial charge in [0.1, 0.15) is 5.75 Å². The molecule has 1 aliphatic heterocycles. The van der Waals surface area contributed by atoms with Crippen molar-refractivity contribution in [3.05, 3.63) is 54.1 Å². The Morgan fingerprint density at radius 2 is 1.70 bits per heavy atom. The number of nitrogens with zero attached hydrogens (tertiary/aromatic N) is 2. The summed E-state index contributed by atoms with van der Waals surface area (Å²) in [6.45, 7) is 7.87. The van der Waals surface area contributed by atoms with Crippen LogP contribution in [0.2, 0.25) is 0 Å². The number of carbonyl (C=O) groups excluding carboxylic acids is 1. The fourth-order valence-corrected chi connectivity index (χ4v) is 3.45. The number of amides is 1. The molecule has 0 unspecified atom stereocenters. The van der Waals surface area contributed by atoms with Crippen molar-refractivity contribution in [3.63, 3.8) is 0 Å². The lowest BCUT2D eigenvalue weighted by Gasteiger charge is -2.36. The molecule has 5 heteroatoms. The van der Waals surface area contributed by atoms with Gasteiger partial charge in [-0.3, -0.25) is 4.79 Å². The third kappa shape index (κ3) is 4.73. The zero-order valence-corrected chi connectivity index (χ0v) is 16.4. The summed E-state index contributed by atoms with van der Waals surface area (Å²) in [6, 6.07) is 16.3. The van der Waals surface area contributed by atoms with Crippen LogP contribution in [0.25, 0.3) is 0 Å². The molecule has 0 aliphatic carbocycles. The number of hydrogen-bond donors (Lipinski definition) is 1. The van der Waals surface area contributed by atoms with Crippen LogP contribution in [0.1, 0.15) is 25.3 Å². The Balaban J connectivity index is 1.51. The van der Waals surface area contributed by atoms with E-state index in [9.17, 15) is 4.79 Å². The molecule has 0 saturated carbocycles. The Morgan fingerprint density at radius 3 is 2.33 bits per heavy atom. The number of rotatable bonds is 6. The van der Waals surface area contributed by atoms with Gasteiger partial charge >= 0.3 is 0 Å². The van der Waals surface area contributed by atoms with Crippen LogP contribution in [0.3, 0.4) is 0 Å². The molecule has 1 aliphatic rings. The summed E-state index contributed by atoms with van der Waals surface area (Å²) in [5.41, 5.74) is 3.47. The van der Waals surface area contributed by atoms with Crippen molar-refractivity contribution in [2.45, 2.75) is 19.8 Å². The predicted molar refractivity (Wildman–Crippen MR) is 111 cm³/mol. The largest absolute Gasteiger partial charge is 0.497 e. The van der Waals surface area contributed by atoms with Crippen LogP contribution < -0.4 is 15.0 Å². The van der Waals surface area contributed by atoms with Gasteiger partial charge in [-0.1, -0.05) is 32.0 Å². The van der Waals surface area contributed by atoms with Gasteiger partial charge in [-0.05, 0) is 41.8 Å². The van der Waals surface area contributed by atoms with Gasteiger partial charge in [-0.25, -0.2) is 0 Å². The quantitative estimate of drug-likeness (QED) is 0.848. The number of anilines is 2. The second-order valence-corrected chi connectivity index (χ2v) is 7.16. The standard InChI is InChI=1S/C22H29N3O2/c1-17(2)20-6-4-5-7-21(20)23-16-22(26)25-14-12-24(13-15-25)18-8-10-19(27-3)11-9-18/h4-11,17,23H,12-16H2,1-3H3. The predicted octanol–water partition coefficient (Wildman–Crippen LogP) is 3.58. The monoisotopic (exact) mass is 367 g/mol. The molecule has 0 spiro atoms. The SMILES string of the molecule is COc1ccc(N2CCN(C(=O)CNc3ccccc3C(C)C)CC2)cc1. The first-order valence-electron chi connectivity index (χ1n) is 9.58. The van der Waals surface area contributed by atoms with E-state index >= 15 is 0 Å². The molecule has 2 aromatic carbocycles. The molecular formula is C22H29N3O2. The summed E-state index contributed by atoms with van der Waals surface area (Å²) >= 11 is 0. The summed E-state index contributed by atoms with van der Waals surface area (Å²) in [5.74, 6) is 1.44. The fourth-order valence-electron chi connectivity index (χ4n) is 3.45. The van der Waals surface area contributed by atoms with Gasteiger partial charge in [0.2, 0.25) is 5.91 Å². The number of carbonyl (C=O) groups is 1. The van der Waals surface area contributed by atoms with Crippen molar-refractivity contribution in [1.82, 2.24) is 4.90 Å². The van der Waals surface area contributed by atoms with Crippen LogP contribution in [-0.4, -0.2) is 50.6 Å². The highest BCUT2D eigenvalue weighted by molar-refractivity contribution is 5.81. The second-order valence-electron chi connectivity index (χ2n) is 7.16. The number of hydrogen-bond acceptors (Lipinski definition) is 4. The van der Waals surface area contributed by atoms with Crippen LogP contribution in [-0.2, 0) is 4.79 Å². The molecule has 2 aromatic rings. The molecule has 0 aromatic heterocycles. The highest BCUT2D eigenvalue weighted by Gasteiger charge is 2.21. The van der Waals surface area contributed by atoms with E-state index < -0.39 is 0 Å². The Morgan fingerprint density at radius 1 is 1.04 bits per heavy atom. The Labute approximate surface area is 161 Å². The van der Waals surface area contributed by atoms with Crippen LogP contribution in [0, 0.1) is 0 Å². The van der Waals surface area contributed by atoms with Crippen LogP contribution >= 0.6 is 0 Å². The maximum Gasteiger partial charge on any atom is 0.241 e. The first-order valence-corrected chi connectivity index (χ1v) is 9.58. The van der Waals surface area contributed by atoms with E-state index in [0.29, 0.717) is 12.5 Å². The number of ether oxygens (including phenoxy) is 1. The fraction of sp³-hybridized carbons (Fsp3) is 0.409. The van der Waals surface area contributed by atoms with Crippen molar-refractivity contribution in [3.8, 4) is 5.75 Å². The lowest BCUT2D eigenvalue weighted by molar-refractivity contribution is -0.129. The van der Waals surface area contributed by atoms with Crippen LogP contribution in [0.15, 0.2) is 48.5 Å². The topological polar surface area (TPSA) is 44.8 Å². The maximum atomic E-state index is 12.6. The van der Waals surface area contributed by atoms with Crippen LogP contribution in [0.4, 0.5) is 11.4 Å². The smallest absolute Gasteiger partial charge is 0.241 e. The first kappa shape index (κ1) is 19.1. The summed E-state index contributed by atoms with van der Waals surface area (Å²) in [4.78, 5) is 16.9. The average molecular weight is 367 g/mol. The van der Waals surface area contributed by atoms with Crippen molar-refractivity contribution in [2.75, 3.05) is 50.1 Å². The number of methoxy groups -OCH3 is 1. The molecule has 1 amide bonds. The van der Waals surface area contributed by atoms with Gasteiger partial charge < -0.3 is 19.9 Å². The lowest BCUT2D eigenvalue weighted by atomic mass is 10.0. The molecule has 144 valence electrons. The molecule has 0 bridgehead atoms. The Bertz CT molecular complexity index is 750. The van der Waals surface area contributed by atoms with E-state index in [-0.39, 0.29) is 5.91 Å². The summed E-state index contributed by atoms with van der Waals surface area (Å²) < 4.78 is 5.21. The summed E-state index contributed by atoms with van der Waals surface area (Å²) in [7, 11) is 1.67. The van der Waals surface area contributed by atoms with Crippen molar-refractivity contribution < 1.29 is 9.53 Å². The normalized spacial score (nSPS) is 14.4. The molecule has 1 fully saturated rings. The minimum absolute atomic E-state index is 0.156. The second kappa shape index (κ2) is 8.80. The zero-order chi connectivity index (χ0) is 19.2. The molecular weight excluding hydrogens is 338 g/mol. The minimum atomic E-state index is 0.156. The van der Waals surface area contributed by atoms with Gasteiger partial charge in [0.25, 0.3) is 0 Å². The van der Waals surface area contributed by atoms with E-state index in [1.807, 2.05) is 35.2 Å². The van der Waals surface area contributed by atoms with Gasteiger partial charge in [0.05, 0.1) is 13.7 Å². The number of nitrogens with one attached hydrogen (secondary N) is 1. The molecule has 0 atom stereocenters. The number of benzene rings is 2. The molecule has 5 nitrogen and oxygen atoms in total. The summed E-state index contributed by atoms with van der Waals surface area (Å²) in [5, 5.41) is 3.33. The average Bonchev–Trinajstić information content (AvgIpc) is 2.72. The van der Waals surface area contributed by atoms with E-state index in [1.54, 1.807) is 7.11 Å². The van der Waals surface area contributed by atoms with Gasteiger partial charge in [-0.2, -0.15) is 0 Å². The van der Waals surface area contributed by atoms with Crippen molar-refractivity contribution in [1.29, 1.82) is 0 Å². The zero-order valence-electron chi connectivity index (χ0n) is 16.4. The van der Waals surface area contributed by atoms with Gasteiger partial charge in [-0.15, -0.1) is 0 Å². The highest BCUT2D eigenvalue weighted by atomic mass is 16.5. The van der Waals surface area contributed by atoms with E-state index in [4.69, 9.17) is 4.74 Å². The van der Waals surface area contributed by atoms with E-state index in [2.05, 4.69) is 42.3 Å². The Hall–Kier alpha value is -2.69. The molecule has 1 N–H and O–H groups in total. The van der Waals surface area contributed by atoms with E-state index in [1.165, 1.54) is 11.3 Å². The Kier molecular flexibility index (Phi) is 6.22. The number of para-hydroxylation sites is 1. The third-order valence-corrected chi connectivity index (χ3v) is 5.08. The van der Waals surface area contributed by atoms with Crippen molar-refractivity contribution in [2.24, 2.45) is 0 Å². The maximum absolute atomic E-state index is 12.6. The highest BCUT2D eigenvalue weighted by Crippen LogP contribution is 2.24. The van der Waals surface area contributed by atoms with E-state index in [0.717, 1.165) is 37.6 Å². The van der Waals surface area contributed by atoms with Crippen molar-refractivity contribution >= 4 is 17.3 Å². The molecule has 27 heavy (non-hydrogen) atoms. The minimum Gasteiger partial charge on any atom is -0.497 e. The first-order chi connectivity index (χ1) is 13.1. The number of piperazine rings is 1. The molecule has 0 radical (unpaired) electrons. The third-order valence-electron chi connectivity index (χ3n) is 5.08. The summed E-state index contributed by atoms with van der Waals surface area (Å²) in [6.07, 6.45) is 0.